The first kappa shape index (κ1) is 21.4. The van der Waals surface area contributed by atoms with Crippen molar-refractivity contribution in [2.24, 2.45) is 12.9 Å². The Hall–Kier alpha value is -3.83. The molecule has 1 aliphatic rings. The van der Waals surface area contributed by atoms with Crippen molar-refractivity contribution in [1.82, 2.24) is 35.1 Å². The number of carbonyl (C=O) groups excluding carboxylic acids is 1. The summed E-state index contributed by atoms with van der Waals surface area (Å²) in [6, 6.07) is 9.16. The minimum atomic E-state index is -0.416. The number of likely N-dealkylation sites (N-methyl/N-ethyl adjacent to an activating group) is 1. The minimum absolute atomic E-state index is 0.000317. The largest absolute Gasteiger partial charge is 0.364 e. The van der Waals surface area contributed by atoms with E-state index < -0.39 is 6.10 Å². The molecule has 0 spiro atoms. The molecule has 1 saturated heterocycles. The van der Waals surface area contributed by atoms with Crippen molar-refractivity contribution in [2.45, 2.75) is 12.5 Å². The van der Waals surface area contributed by atoms with E-state index in [0.29, 0.717) is 47.5 Å². The van der Waals surface area contributed by atoms with Crippen molar-refractivity contribution in [2.75, 3.05) is 25.5 Å². The highest BCUT2D eigenvalue weighted by molar-refractivity contribution is 5.82. The van der Waals surface area contributed by atoms with Crippen LogP contribution in [0.2, 0.25) is 0 Å². The van der Waals surface area contributed by atoms with Crippen LogP contribution in [0.25, 0.3) is 17.1 Å². The van der Waals surface area contributed by atoms with Crippen LogP contribution < -0.4 is 16.6 Å². The van der Waals surface area contributed by atoms with Crippen LogP contribution >= 0.6 is 0 Å². The number of hydrogen-bond donors (Lipinski definition) is 3. The third-order valence-electron chi connectivity index (χ3n) is 5.02. The van der Waals surface area contributed by atoms with Gasteiger partial charge in [-0.25, -0.2) is 15.0 Å². The number of nitrogens with zero attached hydrogens (tertiary/aromatic N) is 6. The fourth-order valence-electron chi connectivity index (χ4n) is 3.32. The van der Waals surface area contributed by atoms with Crippen LogP contribution in [0.5, 0.6) is 0 Å². The van der Waals surface area contributed by atoms with Crippen LogP contribution in [0.4, 0.5) is 11.8 Å². The van der Waals surface area contributed by atoms with E-state index in [2.05, 4.69) is 30.8 Å². The summed E-state index contributed by atoms with van der Waals surface area (Å²) < 4.78 is 7.39. The van der Waals surface area contributed by atoms with Crippen LogP contribution in [0.3, 0.4) is 0 Å². The Balaban J connectivity index is 1.48. The third-order valence-corrected chi connectivity index (χ3v) is 5.02. The molecule has 0 radical (unpaired) electrons. The van der Waals surface area contributed by atoms with Gasteiger partial charge in [0.15, 0.2) is 5.82 Å². The Bertz CT molecular complexity index is 1130. The van der Waals surface area contributed by atoms with Crippen molar-refractivity contribution < 1.29 is 9.53 Å². The van der Waals surface area contributed by atoms with Crippen LogP contribution in [0.1, 0.15) is 12.1 Å². The Morgan fingerprint density at radius 2 is 2.09 bits per heavy atom. The van der Waals surface area contributed by atoms with Gasteiger partial charge in [-0.3, -0.25) is 15.3 Å². The Morgan fingerprint density at radius 3 is 2.81 bits per heavy atom. The molecule has 1 amide bonds. The third kappa shape index (κ3) is 4.90. The number of hydrazine groups is 1. The van der Waals surface area contributed by atoms with E-state index in [0.717, 1.165) is 0 Å². The maximum Gasteiger partial charge on any atom is 0.251 e. The summed E-state index contributed by atoms with van der Waals surface area (Å²) in [5.74, 6) is 6.78. The van der Waals surface area contributed by atoms with Gasteiger partial charge in [0.2, 0.25) is 5.95 Å². The average molecular weight is 435 g/mol. The van der Waals surface area contributed by atoms with Gasteiger partial charge in [0.1, 0.15) is 6.10 Å². The monoisotopic (exact) mass is 435 g/mol. The number of pyridine rings is 1. The van der Waals surface area contributed by atoms with Gasteiger partial charge in [-0.1, -0.05) is 6.07 Å². The SMILES string of the molecule is CN1CCC(OC/C=C(\NN)c2cccc(-c3ccnc(Nc4ccn(C)n4)n3)n2)C1=O. The van der Waals surface area contributed by atoms with Crippen LogP contribution in [0.15, 0.2) is 48.8 Å². The highest BCUT2D eigenvalue weighted by Gasteiger charge is 2.29. The predicted octanol–water partition coefficient (Wildman–Crippen LogP) is 1.07. The van der Waals surface area contributed by atoms with Gasteiger partial charge in [-0.15, -0.1) is 0 Å². The smallest absolute Gasteiger partial charge is 0.251 e. The van der Waals surface area contributed by atoms with Crippen molar-refractivity contribution in [3.05, 3.63) is 54.5 Å². The number of hydrogen-bond acceptors (Lipinski definition) is 9. The number of aromatic nitrogens is 5. The van der Waals surface area contributed by atoms with Gasteiger partial charge in [0.05, 0.1) is 29.4 Å². The summed E-state index contributed by atoms with van der Waals surface area (Å²) in [6.45, 7) is 0.941. The van der Waals surface area contributed by atoms with Crippen LogP contribution in [-0.4, -0.2) is 61.8 Å². The van der Waals surface area contributed by atoms with E-state index in [1.165, 1.54) is 0 Å². The first-order chi connectivity index (χ1) is 15.5. The highest BCUT2D eigenvalue weighted by Crippen LogP contribution is 2.20. The second-order valence-corrected chi connectivity index (χ2v) is 7.31. The quantitative estimate of drug-likeness (QED) is 0.350. The molecule has 4 N–H and O–H groups in total. The maximum absolute atomic E-state index is 12.0. The molecular formula is C21H25N9O2. The minimum Gasteiger partial charge on any atom is -0.364 e. The lowest BCUT2D eigenvalue weighted by Crippen LogP contribution is -2.28. The average Bonchev–Trinajstić information content (AvgIpc) is 3.36. The molecule has 1 unspecified atom stereocenters. The molecule has 3 aromatic heterocycles. The summed E-state index contributed by atoms with van der Waals surface area (Å²) in [7, 11) is 3.61. The molecule has 1 fully saturated rings. The van der Waals surface area contributed by atoms with Gasteiger partial charge >= 0.3 is 0 Å². The number of aryl methyl sites for hydroxylation is 1. The Kier molecular flexibility index (Phi) is 6.38. The standard InChI is InChI=1S/C21H25N9O2/c1-29-11-7-18(20(29)31)32-13-9-17(27-22)15-5-3-4-14(24-15)16-6-10-23-21(25-16)26-19-8-12-30(2)28-19/h3-6,8-10,12,18,27H,7,11,13,22H2,1-2H3,(H,23,25,26,28)/b17-9-. The van der Waals surface area contributed by atoms with Gasteiger partial charge in [0.25, 0.3) is 5.91 Å². The first-order valence-corrected chi connectivity index (χ1v) is 10.1. The van der Waals surface area contributed by atoms with E-state index in [4.69, 9.17) is 10.6 Å². The van der Waals surface area contributed by atoms with Crippen molar-refractivity contribution in [3.63, 3.8) is 0 Å². The fraction of sp³-hybridized carbons (Fsp3) is 0.286. The molecule has 4 rings (SSSR count). The summed E-state index contributed by atoms with van der Waals surface area (Å²) in [4.78, 5) is 27.1. The number of ether oxygens (including phenoxy) is 1. The van der Waals surface area contributed by atoms with Gasteiger partial charge < -0.3 is 20.4 Å². The van der Waals surface area contributed by atoms with E-state index in [1.54, 1.807) is 35.0 Å². The molecule has 1 aliphatic heterocycles. The van der Waals surface area contributed by atoms with E-state index >= 15 is 0 Å². The molecule has 0 bridgehead atoms. The zero-order valence-electron chi connectivity index (χ0n) is 17.9. The number of nitrogens with two attached hydrogens (primary N) is 1. The number of amides is 1. The highest BCUT2D eigenvalue weighted by atomic mass is 16.5. The van der Waals surface area contributed by atoms with Crippen molar-refractivity contribution >= 4 is 23.4 Å². The van der Waals surface area contributed by atoms with Gasteiger partial charge in [0, 0.05) is 45.5 Å². The molecule has 0 aromatic carbocycles. The molecule has 11 heteroatoms. The van der Waals surface area contributed by atoms with E-state index in [9.17, 15) is 4.79 Å². The first-order valence-electron chi connectivity index (χ1n) is 10.1. The normalized spacial score (nSPS) is 16.5. The fourth-order valence-corrected chi connectivity index (χ4v) is 3.32. The molecule has 0 aliphatic carbocycles. The van der Waals surface area contributed by atoms with Crippen molar-refractivity contribution in [3.8, 4) is 11.4 Å². The lowest BCUT2D eigenvalue weighted by atomic mass is 10.2. The number of rotatable bonds is 8. The molecule has 1 atom stereocenters. The zero-order valence-corrected chi connectivity index (χ0v) is 17.9. The maximum atomic E-state index is 12.0. The number of anilines is 2. The second-order valence-electron chi connectivity index (χ2n) is 7.31. The van der Waals surface area contributed by atoms with Crippen LogP contribution in [-0.2, 0) is 16.6 Å². The summed E-state index contributed by atoms with van der Waals surface area (Å²) >= 11 is 0. The number of nitrogens with one attached hydrogen (secondary N) is 2. The predicted molar refractivity (Wildman–Crippen MR) is 119 cm³/mol. The molecule has 0 saturated carbocycles. The molecule has 166 valence electrons. The van der Waals surface area contributed by atoms with E-state index in [1.807, 2.05) is 37.5 Å². The summed E-state index contributed by atoms with van der Waals surface area (Å²) in [6.07, 6.45) is 5.52. The lowest BCUT2D eigenvalue weighted by Gasteiger charge is -2.12. The number of likely N-dealkylation sites (tertiary alicyclic amines) is 1. The van der Waals surface area contributed by atoms with E-state index in [-0.39, 0.29) is 12.5 Å². The zero-order chi connectivity index (χ0) is 22.5. The molecule has 11 nitrogen and oxygen atoms in total. The molecule has 32 heavy (non-hydrogen) atoms. The summed E-state index contributed by atoms with van der Waals surface area (Å²) in [5.41, 5.74) is 5.17. The molecular weight excluding hydrogens is 410 g/mol. The van der Waals surface area contributed by atoms with Gasteiger partial charge in [-0.05, 0) is 24.3 Å². The van der Waals surface area contributed by atoms with Crippen molar-refractivity contribution in [1.29, 1.82) is 0 Å². The molecule has 4 heterocycles. The Morgan fingerprint density at radius 1 is 1.25 bits per heavy atom. The molecule has 3 aromatic rings. The second kappa shape index (κ2) is 9.54. The Labute approximate surface area is 185 Å². The summed E-state index contributed by atoms with van der Waals surface area (Å²) in [5, 5.41) is 7.34. The topological polar surface area (TPSA) is 136 Å². The van der Waals surface area contributed by atoms with Crippen LogP contribution in [0, 0.1) is 0 Å². The number of carbonyl (C=O) groups is 1. The van der Waals surface area contributed by atoms with Gasteiger partial charge in [-0.2, -0.15) is 5.10 Å². The lowest BCUT2D eigenvalue weighted by molar-refractivity contribution is -0.135.